The Hall–Kier alpha value is -2.49. The second-order valence-electron chi connectivity index (χ2n) is 5.20. The van der Waals surface area contributed by atoms with Crippen molar-refractivity contribution >= 4 is 5.84 Å². The third-order valence-electron chi connectivity index (χ3n) is 3.32. The van der Waals surface area contributed by atoms with Crippen LogP contribution in [0, 0.1) is 20.8 Å². The molecule has 2 aromatic rings. The average Bonchev–Trinajstić information content (AvgIpc) is 2.45. The Bertz CT molecular complexity index is 655. The topological polar surface area (TPSA) is 67.8 Å². The molecular weight excluding hydrogens is 264 g/mol. The molecule has 0 unspecified atom stereocenters. The monoisotopic (exact) mass is 284 g/mol. The van der Waals surface area contributed by atoms with Crippen molar-refractivity contribution < 1.29 is 9.94 Å². The Kier molecular flexibility index (Phi) is 4.48. The molecule has 0 saturated heterocycles. The molecule has 110 valence electrons. The fourth-order valence-corrected chi connectivity index (χ4v) is 2.43. The summed E-state index contributed by atoms with van der Waals surface area (Å²) in [6.07, 6.45) is 0. The normalized spacial score (nSPS) is 11.5. The number of nitrogens with zero attached hydrogens (tertiary/aromatic N) is 1. The third kappa shape index (κ3) is 3.54. The summed E-state index contributed by atoms with van der Waals surface area (Å²) in [7, 11) is 0. The lowest BCUT2D eigenvalue weighted by Crippen LogP contribution is -2.13. The van der Waals surface area contributed by atoms with Gasteiger partial charge in [0.25, 0.3) is 0 Å². The summed E-state index contributed by atoms with van der Waals surface area (Å²) >= 11 is 0. The largest absolute Gasteiger partial charge is 0.488 e. The number of amidine groups is 1. The first-order valence-electron chi connectivity index (χ1n) is 6.78. The minimum absolute atomic E-state index is 0.0968. The van der Waals surface area contributed by atoms with Crippen molar-refractivity contribution in [2.75, 3.05) is 0 Å². The van der Waals surface area contributed by atoms with E-state index in [4.69, 9.17) is 15.7 Å². The number of oxime groups is 1. The molecule has 0 aliphatic carbocycles. The van der Waals surface area contributed by atoms with E-state index >= 15 is 0 Å². The Labute approximate surface area is 124 Å². The Morgan fingerprint density at radius 2 is 1.81 bits per heavy atom. The maximum Gasteiger partial charge on any atom is 0.170 e. The molecule has 2 rings (SSSR count). The SMILES string of the molecule is Cc1cc(C)c(OCc2cccc(C(N)=NO)c2)c(C)c1. The Morgan fingerprint density at radius 1 is 1.14 bits per heavy atom. The van der Waals surface area contributed by atoms with Gasteiger partial charge in [-0.1, -0.05) is 41.1 Å². The molecule has 0 aromatic heterocycles. The molecule has 0 bridgehead atoms. The third-order valence-corrected chi connectivity index (χ3v) is 3.32. The lowest BCUT2D eigenvalue weighted by molar-refractivity contribution is 0.302. The molecule has 4 heteroatoms. The molecular formula is C17H20N2O2. The number of nitrogens with two attached hydrogens (primary N) is 1. The first kappa shape index (κ1) is 14.9. The van der Waals surface area contributed by atoms with Gasteiger partial charge in [-0.15, -0.1) is 0 Å². The van der Waals surface area contributed by atoms with Gasteiger partial charge in [0.2, 0.25) is 0 Å². The summed E-state index contributed by atoms with van der Waals surface area (Å²) in [6, 6.07) is 11.7. The van der Waals surface area contributed by atoms with Gasteiger partial charge in [0, 0.05) is 5.56 Å². The zero-order valence-corrected chi connectivity index (χ0v) is 12.6. The molecule has 0 spiro atoms. The number of hydrogen-bond acceptors (Lipinski definition) is 3. The molecule has 0 atom stereocenters. The van der Waals surface area contributed by atoms with Gasteiger partial charge >= 0.3 is 0 Å². The average molecular weight is 284 g/mol. The highest BCUT2D eigenvalue weighted by Crippen LogP contribution is 2.25. The lowest BCUT2D eigenvalue weighted by atomic mass is 10.1. The van der Waals surface area contributed by atoms with Crippen LogP contribution in [0.15, 0.2) is 41.6 Å². The van der Waals surface area contributed by atoms with E-state index in [0.717, 1.165) is 22.4 Å². The van der Waals surface area contributed by atoms with E-state index < -0.39 is 0 Å². The van der Waals surface area contributed by atoms with E-state index in [0.29, 0.717) is 12.2 Å². The van der Waals surface area contributed by atoms with Crippen molar-refractivity contribution in [2.45, 2.75) is 27.4 Å². The van der Waals surface area contributed by atoms with Crippen LogP contribution >= 0.6 is 0 Å². The highest BCUT2D eigenvalue weighted by atomic mass is 16.5. The minimum atomic E-state index is 0.0968. The van der Waals surface area contributed by atoms with E-state index in [1.807, 2.05) is 32.0 Å². The number of ether oxygens (including phenoxy) is 1. The van der Waals surface area contributed by atoms with Gasteiger partial charge in [0.05, 0.1) is 0 Å². The second kappa shape index (κ2) is 6.31. The zero-order chi connectivity index (χ0) is 15.4. The van der Waals surface area contributed by atoms with Gasteiger partial charge in [-0.2, -0.15) is 0 Å². The van der Waals surface area contributed by atoms with Crippen molar-refractivity contribution in [3.63, 3.8) is 0 Å². The molecule has 0 radical (unpaired) electrons. The Morgan fingerprint density at radius 3 is 2.43 bits per heavy atom. The summed E-state index contributed by atoms with van der Waals surface area (Å²) in [4.78, 5) is 0. The van der Waals surface area contributed by atoms with E-state index in [1.165, 1.54) is 5.56 Å². The van der Waals surface area contributed by atoms with Gasteiger partial charge < -0.3 is 15.7 Å². The van der Waals surface area contributed by atoms with E-state index in [-0.39, 0.29) is 5.84 Å². The summed E-state index contributed by atoms with van der Waals surface area (Å²) < 4.78 is 5.93. The van der Waals surface area contributed by atoms with Gasteiger partial charge in [0.15, 0.2) is 5.84 Å². The predicted octanol–water partition coefficient (Wildman–Crippen LogP) is 3.29. The van der Waals surface area contributed by atoms with E-state index in [1.54, 1.807) is 6.07 Å². The van der Waals surface area contributed by atoms with Crippen LogP contribution in [0.3, 0.4) is 0 Å². The summed E-state index contributed by atoms with van der Waals surface area (Å²) in [5, 5.41) is 11.7. The number of hydrogen-bond donors (Lipinski definition) is 2. The van der Waals surface area contributed by atoms with Crippen molar-refractivity contribution in [3.8, 4) is 5.75 Å². The predicted molar refractivity (Wildman–Crippen MR) is 83.9 cm³/mol. The van der Waals surface area contributed by atoms with Crippen LogP contribution in [0.1, 0.15) is 27.8 Å². The number of aryl methyl sites for hydroxylation is 3. The fourth-order valence-electron chi connectivity index (χ4n) is 2.43. The first-order chi connectivity index (χ1) is 10.0. The molecule has 0 amide bonds. The molecule has 0 aliphatic rings. The van der Waals surface area contributed by atoms with Crippen LogP contribution in [0.25, 0.3) is 0 Å². The quantitative estimate of drug-likeness (QED) is 0.392. The highest BCUT2D eigenvalue weighted by Gasteiger charge is 2.06. The molecule has 4 nitrogen and oxygen atoms in total. The second-order valence-corrected chi connectivity index (χ2v) is 5.20. The molecule has 0 fully saturated rings. The summed E-state index contributed by atoms with van der Waals surface area (Å²) in [5.74, 6) is 1.01. The summed E-state index contributed by atoms with van der Waals surface area (Å²) in [6.45, 7) is 6.60. The van der Waals surface area contributed by atoms with Crippen LogP contribution in [0.5, 0.6) is 5.75 Å². The summed E-state index contributed by atoms with van der Waals surface area (Å²) in [5.41, 5.74) is 10.7. The van der Waals surface area contributed by atoms with E-state index in [2.05, 4.69) is 24.2 Å². The standard InChI is InChI=1S/C17H20N2O2/c1-11-7-12(2)16(13(3)8-11)21-10-14-5-4-6-15(9-14)17(18)19-20/h4-9,20H,10H2,1-3H3,(H2,18,19). The van der Waals surface area contributed by atoms with Gasteiger partial charge in [-0.3, -0.25) is 0 Å². The van der Waals surface area contributed by atoms with Crippen LogP contribution in [0.2, 0.25) is 0 Å². The number of rotatable bonds is 4. The van der Waals surface area contributed by atoms with Crippen LogP contribution in [-0.2, 0) is 6.61 Å². The van der Waals surface area contributed by atoms with Crippen molar-refractivity contribution in [2.24, 2.45) is 10.9 Å². The number of benzene rings is 2. The zero-order valence-electron chi connectivity index (χ0n) is 12.6. The smallest absolute Gasteiger partial charge is 0.170 e. The fraction of sp³-hybridized carbons (Fsp3) is 0.235. The molecule has 0 heterocycles. The maximum atomic E-state index is 8.72. The van der Waals surface area contributed by atoms with Crippen LogP contribution in [-0.4, -0.2) is 11.0 Å². The highest BCUT2D eigenvalue weighted by molar-refractivity contribution is 5.97. The molecule has 0 saturated carbocycles. The minimum Gasteiger partial charge on any atom is -0.488 e. The van der Waals surface area contributed by atoms with E-state index in [9.17, 15) is 0 Å². The lowest BCUT2D eigenvalue weighted by Gasteiger charge is -2.13. The molecule has 2 aromatic carbocycles. The van der Waals surface area contributed by atoms with Crippen LogP contribution < -0.4 is 10.5 Å². The van der Waals surface area contributed by atoms with Gasteiger partial charge in [-0.25, -0.2) is 0 Å². The van der Waals surface area contributed by atoms with Crippen molar-refractivity contribution in [1.82, 2.24) is 0 Å². The van der Waals surface area contributed by atoms with Gasteiger partial charge in [-0.05, 0) is 43.5 Å². The molecule has 3 N–H and O–H groups in total. The van der Waals surface area contributed by atoms with Crippen molar-refractivity contribution in [3.05, 3.63) is 64.2 Å². The maximum absolute atomic E-state index is 8.72. The van der Waals surface area contributed by atoms with Crippen LogP contribution in [0.4, 0.5) is 0 Å². The van der Waals surface area contributed by atoms with Crippen molar-refractivity contribution in [1.29, 1.82) is 0 Å². The van der Waals surface area contributed by atoms with Gasteiger partial charge in [0.1, 0.15) is 12.4 Å². The molecule has 21 heavy (non-hydrogen) atoms. The first-order valence-corrected chi connectivity index (χ1v) is 6.78. The molecule has 0 aliphatic heterocycles. The Balaban J connectivity index is 2.17.